The van der Waals surface area contributed by atoms with E-state index in [0.29, 0.717) is 0 Å². The Labute approximate surface area is 126 Å². The highest BCUT2D eigenvalue weighted by Gasteiger charge is 2.23. The van der Waals surface area contributed by atoms with Crippen LogP contribution in [-0.4, -0.2) is 21.0 Å². The normalized spacial score (nSPS) is 13.4. The number of fused-ring (bicyclic) bond motifs is 1. The van der Waals surface area contributed by atoms with Crippen LogP contribution in [0.5, 0.6) is 0 Å². The van der Waals surface area contributed by atoms with Gasteiger partial charge in [0.15, 0.2) is 0 Å². The molecule has 0 bridgehead atoms. The maximum Gasteiger partial charge on any atom is 0.243 e. The minimum absolute atomic E-state index is 0.0272. The highest BCUT2D eigenvalue weighted by Crippen LogP contribution is 2.22. The molecule has 2 aromatic rings. The van der Waals surface area contributed by atoms with E-state index < -0.39 is 0 Å². The number of nitrogens with zero attached hydrogens (tertiary/aromatic N) is 2. The summed E-state index contributed by atoms with van der Waals surface area (Å²) in [6.07, 6.45) is 2.65. The molecule has 1 unspecified atom stereocenters. The molecule has 0 fully saturated rings. The van der Waals surface area contributed by atoms with Crippen LogP contribution >= 0.6 is 0 Å². The number of carbonyl (C=O) groups is 1. The smallest absolute Gasteiger partial charge is 0.243 e. The van der Waals surface area contributed by atoms with Crippen LogP contribution in [0.4, 0.5) is 0 Å². The summed E-state index contributed by atoms with van der Waals surface area (Å²) in [5, 5.41) is 3.10. The summed E-state index contributed by atoms with van der Waals surface area (Å²) in [5.74, 6) is 0.0272. The van der Waals surface area contributed by atoms with Gasteiger partial charge in [0, 0.05) is 5.54 Å². The number of hydrogen-bond acceptors (Lipinski definition) is 2. The van der Waals surface area contributed by atoms with Crippen LogP contribution in [0.25, 0.3) is 11.0 Å². The summed E-state index contributed by atoms with van der Waals surface area (Å²) in [4.78, 5) is 16.9. The fraction of sp³-hybridized carbons (Fsp3) is 0.529. The van der Waals surface area contributed by atoms with Crippen LogP contribution in [0.1, 0.15) is 51.3 Å². The Morgan fingerprint density at radius 3 is 2.57 bits per heavy atom. The van der Waals surface area contributed by atoms with E-state index in [-0.39, 0.29) is 17.5 Å². The van der Waals surface area contributed by atoms with Crippen molar-refractivity contribution in [3.8, 4) is 0 Å². The van der Waals surface area contributed by atoms with Gasteiger partial charge >= 0.3 is 0 Å². The second kappa shape index (κ2) is 5.51. The number of imidazole rings is 1. The van der Waals surface area contributed by atoms with Gasteiger partial charge in [-0.2, -0.15) is 0 Å². The molecule has 4 nitrogen and oxygen atoms in total. The van der Waals surface area contributed by atoms with Gasteiger partial charge < -0.3 is 9.88 Å². The summed E-state index contributed by atoms with van der Waals surface area (Å²) < 4.78 is 1.95. The van der Waals surface area contributed by atoms with Crippen molar-refractivity contribution >= 4 is 16.9 Å². The average Bonchev–Trinajstić information content (AvgIpc) is 2.80. The van der Waals surface area contributed by atoms with Crippen LogP contribution in [0.15, 0.2) is 18.5 Å². The number of carbonyl (C=O) groups excluding carboxylic acids is 1. The van der Waals surface area contributed by atoms with Crippen molar-refractivity contribution in [1.29, 1.82) is 0 Å². The molecular formula is C17H25N3O. The first-order valence-electron chi connectivity index (χ1n) is 7.51. The summed E-state index contributed by atoms with van der Waals surface area (Å²) in [6.45, 7) is 12.2. The molecule has 0 aliphatic carbocycles. The quantitative estimate of drug-likeness (QED) is 0.935. The molecule has 0 saturated heterocycles. The second-order valence-corrected chi connectivity index (χ2v) is 6.48. The average molecular weight is 287 g/mol. The Morgan fingerprint density at radius 2 is 1.95 bits per heavy atom. The first kappa shape index (κ1) is 15.5. The molecule has 1 N–H and O–H groups in total. The topological polar surface area (TPSA) is 46.9 Å². The van der Waals surface area contributed by atoms with Crippen molar-refractivity contribution in [3.05, 3.63) is 29.6 Å². The van der Waals surface area contributed by atoms with E-state index in [4.69, 9.17) is 0 Å². The Balaban J connectivity index is 2.33. The number of aryl methyl sites for hydroxylation is 2. The molecule has 0 radical (unpaired) electrons. The molecule has 1 aromatic heterocycles. The molecule has 4 heteroatoms. The minimum Gasteiger partial charge on any atom is -0.349 e. The first-order valence-corrected chi connectivity index (χ1v) is 7.51. The van der Waals surface area contributed by atoms with E-state index in [2.05, 4.69) is 43.2 Å². The van der Waals surface area contributed by atoms with Gasteiger partial charge in [-0.1, -0.05) is 6.92 Å². The SMILES string of the molecule is CCC(C)(C)NC(=O)C(C)n1cnc2cc(C)c(C)cc21. The van der Waals surface area contributed by atoms with Gasteiger partial charge in [-0.05, 0) is 64.3 Å². The van der Waals surface area contributed by atoms with Crippen molar-refractivity contribution in [2.45, 2.75) is 59.5 Å². The maximum absolute atomic E-state index is 12.5. The molecule has 114 valence electrons. The number of benzene rings is 1. The van der Waals surface area contributed by atoms with Gasteiger partial charge in [0.2, 0.25) is 5.91 Å². The highest BCUT2D eigenvalue weighted by molar-refractivity contribution is 5.84. The number of rotatable bonds is 4. The zero-order chi connectivity index (χ0) is 15.8. The van der Waals surface area contributed by atoms with E-state index in [1.165, 1.54) is 11.1 Å². The zero-order valence-electron chi connectivity index (χ0n) is 13.8. The fourth-order valence-electron chi connectivity index (χ4n) is 2.24. The van der Waals surface area contributed by atoms with E-state index in [9.17, 15) is 4.79 Å². The van der Waals surface area contributed by atoms with Crippen LogP contribution in [0.2, 0.25) is 0 Å². The zero-order valence-corrected chi connectivity index (χ0v) is 13.8. The van der Waals surface area contributed by atoms with Crippen molar-refractivity contribution in [1.82, 2.24) is 14.9 Å². The lowest BCUT2D eigenvalue weighted by molar-refractivity contribution is -0.125. The van der Waals surface area contributed by atoms with Gasteiger partial charge in [-0.3, -0.25) is 4.79 Å². The van der Waals surface area contributed by atoms with Crippen molar-refractivity contribution < 1.29 is 4.79 Å². The van der Waals surface area contributed by atoms with Crippen LogP contribution in [-0.2, 0) is 4.79 Å². The van der Waals surface area contributed by atoms with Crippen molar-refractivity contribution in [2.75, 3.05) is 0 Å². The highest BCUT2D eigenvalue weighted by atomic mass is 16.2. The Morgan fingerprint density at radius 1 is 1.33 bits per heavy atom. The second-order valence-electron chi connectivity index (χ2n) is 6.48. The molecular weight excluding hydrogens is 262 g/mol. The molecule has 0 spiro atoms. The molecule has 1 atom stereocenters. The molecule has 1 amide bonds. The van der Waals surface area contributed by atoms with Gasteiger partial charge in [0.05, 0.1) is 17.4 Å². The van der Waals surface area contributed by atoms with E-state index >= 15 is 0 Å². The van der Waals surface area contributed by atoms with Gasteiger partial charge in [-0.15, -0.1) is 0 Å². The Bertz CT molecular complexity index is 670. The third-order valence-electron chi connectivity index (χ3n) is 4.33. The predicted octanol–water partition coefficient (Wildman–Crippen LogP) is 3.52. The Hall–Kier alpha value is -1.84. The van der Waals surface area contributed by atoms with Gasteiger partial charge in [-0.25, -0.2) is 4.98 Å². The third kappa shape index (κ3) is 3.09. The molecule has 1 aromatic carbocycles. The summed E-state index contributed by atoms with van der Waals surface area (Å²) in [6, 6.07) is 3.90. The van der Waals surface area contributed by atoms with Crippen molar-refractivity contribution in [2.24, 2.45) is 0 Å². The fourth-order valence-corrected chi connectivity index (χ4v) is 2.24. The lowest BCUT2D eigenvalue weighted by Crippen LogP contribution is -2.45. The summed E-state index contributed by atoms with van der Waals surface area (Å²) in [5.41, 5.74) is 4.19. The van der Waals surface area contributed by atoms with Crippen molar-refractivity contribution in [3.63, 3.8) is 0 Å². The number of amides is 1. The lowest BCUT2D eigenvalue weighted by atomic mass is 10.0. The minimum atomic E-state index is -0.275. The third-order valence-corrected chi connectivity index (χ3v) is 4.33. The van der Waals surface area contributed by atoms with E-state index in [1.54, 1.807) is 6.33 Å². The monoisotopic (exact) mass is 287 g/mol. The molecule has 0 saturated carbocycles. The standard InChI is InChI=1S/C17H25N3O/c1-7-17(5,6)19-16(21)13(4)20-10-18-14-8-11(2)12(3)9-15(14)20/h8-10,13H,7H2,1-6H3,(H,19,21). The largest absolute Gasteiger partial charge is 0.349 e. The first-order chi connectivity index (χ1) is 9.75. The molecule has 0 aliphatic heterocycles. The predicted molar refractivity (Wildman–Crippen MR) is 86.4 cm³/mol. The molecule has 0 aliphatic rings. The van der Waals surface area contributed by atoms with E-state index in [0.717, 1.165) is 17.5 Å². The molecule has 2 rings (SSSR count). The van der Waals surface area contributed by atoms with Crippen LogP contribution < -0.4 is 5.32 Å². The Kier molecular flexibility index (Phi) is 4.08. The number of hydrogen-bond donors (Lipinski definition) is 1. The molecule has 1 heterocycles. The lowest BCUT2D eigenvalue weighted by Gasteiger charge is -2.27. The van der Waals surface area contributed by atoms with Crippen LogP contribution in [0, 0.1) is 13.8 Å². The summed E-state index contributed by atoms with van der Waals surface area (Å²) >= 11 is 0. The van der Waals surface area contributed by atoms with Crippen LogP contribution in [0.3, 0.4) is 0 Å². The number of nitrogens with one attached hydrogen (secondary N) is 1. The van der Waals surface area contributed by atoms with Gasteiger partial charge in [0.25, 0.3) is 0 Å². The van der Waals surface area contributed by atoms with E-state index in [1.807, 2.05) is 25.3 Å². The summed E-state index contributed by atoms with van der Waals surface area (Å²) in [7, 11) is 0. The number of aromatic nitrogens is 2. The maximum atomic E-state index is 12.5. The van der Waals surface area contributed by atoms with Gasteiger partial charge in [0.1, 0.15) is 6.04 Å². The molecule has 21 heavy (non-hydrogen) atoms.